The lowest BCUT2D eigenvalue weighted by Gasteiger charge is -2.36. The van der Waals surface area contributed by atoms with Crippen LogP contribution < -0.4 is 15.5 Å². The first kappa shape index (κ1) is 20.1. The van der Waals surface area contributed by atoms with E-state index in [4.69, 9.17) is 0 Å². The molecule has 1 aromatic carbocycles. The molecule has 2 aromatic rings. The Morgan fingerprint density at radius 1 is 1.14 bits per heavy atom. The van der Waals surface area contributed by atoms with Gasteiger partial charge in [-0.25, -0.2) is 4.79 Å². The normalized spacial score (nSPS) is 19.6. The lowest BCUT2D eigenvalue weighted by Crippen LogP contribution is -2.49. The zero-order valence-electron chi connectivity index (χ0n) is 15.5. The van der Waals surface area contributed by atoms with E-state index in [1.807, 2.05) is 47.5 Å². The fourth-order valence-corrected chi connectivity index (χ4v) is 3.67. The van der Waals surface area contributed by atoms with Crippen LogP contribution in [0.2, 0.25) is 0 Å². The third-order valence-electron chi connectivity index (χ3n) is 5.06. The van der Waals surface area contributed by atoms with Crippen molar-refractivity contribution in [3.8, 4) is 0 Å². The zero-order valence-corrected chi connectivity index (χ0v) is 16.3. The van der Waals surface area contributed by atoms with E-state index in [2.05, 4.69) is 15.6 Å². The van der Waals surface area contributed by atoms with E-state index in [1.54, 1.807) is 11.1 Å². The maximum Gasteiger partial charge on any atom is 0.321 e. The topological polar surface area (TPSA) is 77.6 Å². The summed E-state index contributed by atoms with van der Waals surface area (Å²) in [7, 11) is 0. The van der Waals surface area contributed by atoms with Crippen LogP contribution in [0.1, 0.15) is 28.4 Å². The number of nitrogens with zero attached hydrogens (tertiary/aromatic N) is 3. The smallest absolute Gasteiger partial charge is 0.321 e. The monoisotopic (exact) mass is 401 g/mol. The van der Waals surface area contributed by atoms with Crippen LogP contribution in [0.15, 0.2) is 48.8 Å². The number of urea groups is 1. The highest BCUT2D eigenvalue weighted by molar-refractivity contribution is 5.98. The van der Waals surface area contributed by atoms with E-state index in [9.17, 15) is 9.59 Å². The van der Waals surface area contributed by atoms with Crippen LogP contribution in [0.25, 0.3) is 0 Å². The fourth-order valence-electron chi connectivity index (χ4n) is 3.67. The first-order valence-electron chi connectivity index (χ1n) is 9.31. The van der Waals surface area contributed by atoms with Gasteiger partial charge in [0.1, 0.15) is 0 Å². The van der Waals surface area contributed by atoms with Crippen molar-refractivity contribution < 1.29 is 9.59 Å². The molecule has 1 atom stereocenters. The molecular formula is C20H24ClN5O2. The highest BCUT2D eigenvalue weighted by Crippen LogP contribution is 2.25. The summed E-state index contributed by atoms with van der Waals surface area (Å²) in [4.78, 5) is 33.2. The van der Waals surface area contributed by atoms with Gasteiger partial charge in [0.05, 0.1) is 6.04 Å². The Kier molecular flexibility index (Phi) is 6.49. The second kappa shape index (κ2) is 9.03. The Morgan fingerprint density at radius 2 is 2.04 bits per heavy atom. The molecule has 1 aromatic heterocycles. The fraction of sp³-hybridized carbons (Fsp3) is 0.350. The number of hydrogen-bond donors (Lipinski definition) is 2. The van der Waals surface area contributed by atoms with Gasteiger partial charge in [-0.15, -0.1) is 12.4 Å². The van der Waals surface area contributed by atoms with Crippen molar-refractivity contribution >= 4 is 30.0 Å². The molecule has 2 saturated heterocycles. The van der Waals surface area contributed by atoms with E-state index >= 15 is 0 Å². The maximum atomic E-state index is 13.3. The van der Waals surface area contributed by atoms with Gasteiger partial charge in [0.15, 0.2) is 0 Å². The van der Waals surface area contributed by atoms with Crippen LogP contribution in [0.5, 0.6) is 0 Å². The number of benzene rings is 1. The van der Waals surface area contributed by atoms with E-state index in [1.165, 1.54) is 0 Å². The number of nitrogens with one attached hydrogen (secondary N) is 2. The Balaban J connectivity index is 0.00000225. The lowest BCUT2D eigenvalue weighted by atomic mass is 10.0. The average Bonchev–Trinajstić information content (AvgIpc) is 2.74. The van der Waals surface area contributed by atoms with Gasteiger partial charge < -0.3 is 15.5 Å². The van der Waals surface area contributed by atoms with Gasteiger partial charge in [0.25, 0.3) is 5.91 Å². The van der Waals surface area contributed by atoms with Gasteiger partial charge in [0, 0.05) is 56.4 Å². The minimum atomic E-state index is -0.110. The molecule has 0 aliphatic carbocycles. The summed E-state index contributed by atoms with van der Waals surface area (Å²) in [6.07, 6.45) is 4.44. The number of pyridine rings is 1. The average molecular weight is 402 g/mol. The van der Waals surface area contributed by atoms with Gasteiger partial charge in [-0.3, -0.25) is 14.7 Å². The van der Waals surface area contributed by atoms with Crippen LogP contribution in [-0.4, -0.2) is 54.5 Å². The SMILES string of the molecule is Cl.O=C1NCCCN1c1cccc(C(=O)N2CCNCC2c2cccnc2)c1. The van der Waals surface area contributed by atoms with E-state index in [0.29, 0.717) is 31.7 Å². The van der Waals surface area contributed by atoms with Gasteiger partial charge in [-0.1, -0.05) is 12.1 Å². The summed E-state index contributed by atoms with van der Waals surface area (Å²) in [5.74, 6) is -0.0235. The van der Waals surface area contributed by atoms with E-state index < -0.39 is 0 Å². The molecule has 3 heterocycles. The highest BCUT2D eigenvalue weighted by Gasteiger charge is 2.29. The summed E-state index contributed by atoms with van der Waals surface area (Å²) in [5.41, 5.74) is 2.37. The second-order valence-corrected chi connectivity index (χ2v) is 6.79. The molecule has 0 radical (unpaired) electrons. The number of anilines is 1. The lowest BCUT2D eigenvalue weighted by molar-refractivity contribution is 0.0634. The number of piperazine rings is 1. The maximum absolute atomic E-state index is 13.3. The van der Waals surface area contributed by atoms with Gasteiger partial charge in [-0.2, -0.15) is 0 Å². The molecule has 2 aliphatic rings. The number of aromatic nitrogens is 1. The predicted octanol–water partition coefficient (Wildman–Crippen LogP) is 2.21. The van der Waals surface area contributed by atoms with Gasteiger partial charge >= 0.3 is 6.03 Å². The van der Waals surface area contributed by atoms with Crippen molar-refractivity contribution in [2.75, 3.05) is 37.6 Å². The van der Waals surface area contributed by atoms with Crippen LogP contribution in [-0.2, 0) is 0 Å². The van der Waals surface area contributed by atoms with Crippen LogP contribution in [0, 0.1) is 0 Å². The molecule has 2 N–H and O–H groups in total. The number of carbonyl (C=O) groups is 2. The number of halogens is 1. The van der Waals surface area contributed by atoms with Gasteiger partial charge in [-0.05, 0) is 36.2 Å². The Labute approximate surface area is 170 Å². The van der Waals surface area contributed by atoms with Crippen LogP contribution in [0.4, 0.5) is 10.5 Å². The molecule has 28 heavy (non-hydrogen) atoms. The third-order valence-corrected chi connectivity index (χ3v) is 5.06. The van der Waals surface area contributed by atoms with E-state index in [0.717, 1.165) is 24.2 Å². The molecule has 1 unspecified atom stereocenters. The van der Waals surface area contributed by atoms with Crippen LogP contribution >= 0.6 is 12.4 Å². The molecule has 0 saturated carbocycles. The first-order valence-corrected chi connectivity index (χ1v) is 9.31. The van der Waals surface area contributed by atoms with Crippen LogP contribution in [0.3, 0.4) is 0 Å². The van der Waals surface area contributed by atoms with Crippen molar-refractivity contribution in [1.29, 1.82) is 0 Å². The molecule has 2 aliphatic heterocycles. The summed E-state index contributed by atoms with van der Waals surface area (Å²) >= 11 is 0. The first-order chi connectivity index (χ1) is 13.2. The van der Waals surface area contributed by atoms with Crippen molar-refractivity contribution in [3.63, 3.8) is 0 Å². The number of rotatable bonds is 3. The Morgan fingerprint density at radius 3 is 2.82 bits per heavy atom. The van der Waals surface area contributed by atoms with Crippen molar-refractivity contribution in [2.45, 2.75) is 12.5 Å². The standard InChI is InChI=1S/C20H23N5O2.ClH/c26-19(25-11-9-22-14-18(25)16-5-2-7-21-13-16)15-4-1-6-17(12-15)24-10-3-8-23-20(24)27;/h1-2,4-7,12-13,18,22H,3,8-11,14H2,(H,23,27);1H. The molecule has 3 amide bonds. The summed E-state index contributed by atoms with van der Waals surface area (Å²) in [6.45, 7) is 3.45. The second-order valence-electron chi connectivity index (χ2n) is 6.79. The Bertz CT molecular complexity index is 832. The number of amides is 3. The van der Waals surface area contributed by atoms with Crippen molar-refractivity contribution in [1.82, 2.24) is 20.5 Å². The minimum Gasteiger partial charge on any atom is -0.338 e. The molecule has 8 heteroatoms. The molecule has 0 spiro atoms. The largest absolute Gasteiger partial charge is 0.338 e. The van der Waals surface area contributed by atoms with Crippen molar-refractivity contribution in [3.05, 3.63) is 59.9 Å². The minimum absolute atomic E-state index is 0. The molecule has 2 fully saturated rings. The van der Waals surface area contributed by atoms with Gasteiger partial charge in [0.2, 0.25) is 0 Å². The summed E-state index contributed by atoms with van der Waals surface area (Å²) < 4.78 is 0. The number of carbonyl (C=O) groups excluding carboxylic acids is 2. The van der Waals surface area contributed by atoms with E-state index in [-0.39, 0.29) is 30.4 Å². The van der Waals surface area contributed by atoms with Crippen molar-refractivity contribution in [2.24, 2.45) is 0 Å². The summed E-state index contributed by atoms with van der Waals surface area (Å²) in [6, 6.07) is 11.1. The Hall–Kier alpha value is -2.64. The third kappa shape index (κ3) is 4.10. The zero-order chi connectivity index (χ0) is 18.6. The predicted molar refractivity (Wildman–Crippen MR) is 110 cm³/mol. The quantitative estimate of drug-likeness (QED) is 0.826. The molecule has 7 nitrogen and oxygen atoms in total. The highest BCUT2D eigenvalue weighted by atomic mass is 35.5. The molecule has 0 bridgehead atoms. The summed E-state index contributed by atoms with van der Waals surface area (Å²) in [5, 5.41) is 6.20. The molecular weight excluding hydrogens is 378 g/mol. The molecule has 4 rings (SSSR count). The number of hydrogen-bond acceptors (Lipinski definition) is 4. The molecule has 148 valence electrons.